The number of hydrogen-bond donors (Lipinski definition) is 2. The summed E-state index contributed by atoms with van der Waals surface area (Å²) in [7, 11) is 0. The predicted molar refractivity (Wildman–Crippen MR) is 116 cm³/mol. The summed E-state index contributed by atoms with van der Waals surface area (Å²) in [5, 5.41) is 14.2. The van der Waals surface area contributed by atoms with Crippen LogP contribution in [0, 0.1) is 11.8 Å². The average molecular weight is 413 g/mol. The molecule has 3 aliphatic rings. The minimum absolute atomic E-state index is 0.519. The molecule has 2 N–H and O–H groups in total. The van der Waals surface area contributed by atoms with Crippen molar-refractivity contribution in [3.8, 4) is 0 Å². The molecular weight excluding hydrogens is 379 g/mol. The molecule has 3 heterocycles. The molecule has 6 heteroatoms. The first-order valence-corrected chi connectivity index (χ1v) is 11.6. The molecule has 5 nitrogen and oxygen atoms in total. The molecule has 162 valence electrons. The SMILES string of the molecule is CCc1nc2n(c1C(O)NCc1ccc(N3CC4CC(F)CC4C3)cc1)CCCC2. The molecule has 0 bridgehead atoms. The highest BCUT2D eigenvalue weighted by Crippen LogP contribution is 2.41. The zero-order valence-electron chi connectivity index (χ0n) is 17.9. The van der Waals surface area contributed by atoms with Crippen molar-refractivity contribution in [2.45, 2.75) is 70.9 Å². The number of aromatic nitrogens is 2. The zero-order chi connectivity index (χ0) is 20.7. The van der Waals surface area contributed by atoms with Gasteiger partial charge in [0.25, 0.3) is 0 Å². The number of aryl methyl sites for hydroxylation is 2. The van der Waals surface area contributed by atoms with Gasteiger partial charge in [-0.05, 0) is 61.6 Å². The second-order valence-electron chi connectivity index (χ2n) is 9.27. The second-order valence-corrected chi connectivity index (χ2v) is 9.27. The molecule has 2 aromatic rings. The number of halogens is 1. The maximum absolute atomic E-state index is 13.6. The van der Waals surface area contributed by atoms with Crippen LogP contribution in [-0.4, -0.2) is 33.9 Å². The minimum Gasteiger partial charge on any atom is -0.373 e. The predicted octanol–water partition coefficient (Wildman–Crippen LogP) is 3.75. The Labute approximate surface area is 178 Å². The van der Waals surface area contributed by atoms with Crippen LogP contribution in [0.2, 0.25) is 0 Å². The van der Waals surface area contributed by atoms with Crippen LogP contribution < -0.4 is 10.2 Å². The quantitative estimate of drug-likeness (QED) is 0.710. The van der Waals surface area contributed by atoms with E-state index in [2.05, 4.69) is 46.0 Å². The molecule has 30 heavy (non-hydrogen) atoms. The number of rotatable bonds is 6. The van der Waals surface area contributed by atoms with Gasteiger partial charge in [-0.2, -0.15) is 0 Å². The number of nitrogens with zero attached hydrogens (tertiary/aromatic N) is 3. The number of nitrogens with one attached hydrogen (secondary N) is 1. The lowest BCUT2D eigenvalue weighted by molar-refractivity contribution is 0.126. The molecular formula is C24H33FN4O. The number of benzene rings is 1. The number of aliphatic hydroxyl groups is 1. The highest BCUT2D eigenvalue weighted by molar-refractivity contribution is 5.49. The fourth-order valence-electron chi connectivity index (χ4n) is 5.70. The molecule has 2 fully saturated rings. The van der Waals surface area contributed by atoms with Gasteiger partial charge in [0, 0.05) is 38.3 Å². The fourth-order valence-corrected chi connectivity index (χ4v) is 5.70. The smallest absolute Gasteiger partial charge is 0.148 e. The van der Waals surface area contributed by atoms with Crippen molar-refractivity contribution < 1.29 is 9.50 Å². The first-order chi connectivity index (χ1) is 14.6. The summed E-state index contributed by atoms with van der Waals surface area (Å²) in [6.45, 7) is 5.62. The molecule has 1 aromatic carbocycles. The minimum atomic E-state index is -0.703. The van der Waals surface area contributed by atoms with Crippen LogP contribution >= 0.6 is 0 Å². The molecule has 1 saturated heterocycles. The van der Waals surface area contributed by atoms with Gasteiger partial charge in [0.05, 0.1) is 11.4 Å². The van der Waals surface area contributed by atoms with Gasteiger partial charge in [0.15, 0.2) is 0 Å². The van der Waals surface area contributed by atoms with E-state index in [9.17, 15) is 9.50 Å². The van der Waals surface area contributed by atoms with E-state index < -0.39 is 12.4 Å². The van der Waals surface area contributed by atoms with Crippen LogP contribution in [-0.2, 0) is 25.9 Å². The van der Waals surface area contributed by atoms with Gasteiger partial charge < -0.3 is 14.6 Å². The van der Waals surface area contributed by atoms with E-state index in [0.29, 0.717) is 18.4 Å². The van der Waals surface area contributed by atoms with Crippen molar-refractivity contribution in [1.29, 1.82) is 0 Å². The van der Waals surface area contributed by atoms with Gasteiger partial charge in [-0.1, -0.05) is 19.1 Å². The van der Waals surface area contributed by atoms with Gasteiger partial charge in [-0.25, -0.2) is 9.37 Å². The Morgan fingerprint density at radius 1 is 1.17 bits per heavy atom. The monoisotopic (exact) mass is 412 g/mol. The molecule has 0 radical (unpaired) electrons. The molecule has 1 aliphatic carbocycles. The Morgan fingerprint density at radius 3 is 2.60 bits per heavy atom. The summed E-state index contributed by atoms with van der Waals surface area (Å²) >= 11 is 0. The lowest BCUT2D eigenvalue weighted by Gasteiger charge is -2.22. The van der Waals surface area contributed by atoms with Crippen LogP contribution in [0.3, 0.4) is 0 Å². The van der Waals surface area contributed by atoms with Crippen molar-refractivity contribution >= 4 is 5.69 Å². The summed E-state index contributed by atoms with van der Waals surface area (Å²) in [5.41, 5.74) is 4.33. The number of imidazole rings is 1. The van der Waals surface area contributed by atoms with Gasteiger partial charge in [0.2, 0.25) is 0 Å². The molecule has 3 unspecified atom stereocenters. The topological polar surface area (TPSA) is 53.3 Å². The van der Waals surface area contributed by atoms with Crippen molar-refractivity contribution in [2.24, 2.45) is 11.8 Å². The Balaban J connectivity index is 1.21. The van der Waals surface area contributed by atoms with Crippen molar-refractivity contribution in [2.75, 3.05) is 18.0 Å². The highest BCUT2D eigenvalue weighted by atomic mass is 19.1. The Hall–Kier alpha value is -1.92. The van der Waals surface area contributed by atoms with Crippen LogP contribution in [0.5, 0.6) is 0 Å². The number of fused-ring (bicyclic) bond motifs is 2. The number of anilines is 1. The average Bonchev–Trinajstić information content (AvgIpc) is 3.42. The third-order valence-electron chi connectivity index (χ3n) is 7.28. The normalized spacial score (nSPS) is 26.6. The summed E-state index contributed by atoms with van der Waals surface area (Å²) in [4.78, 5) is 7.17. The first-order valence-electron chi connectivity index (χ1n) is 11.6. The number of aliphatic hydroxyl groups excluding tert-OH is 1. The number of alkyl halides is 1. The van der Waals surface area contributed by atoms with Crippen LogP contribution in [0.4, 0.5) is 10.1 Å². The molecule has 3 atom stereocenters. The Morgan fingerprint density at radius 2 is 1.90 bits per heavy atom. The molecule has 0 amide bonds. The van der Waals surface area contributed by atoms with E-state index in [1.807, 2.05) is 0 Å². The van der Waals surface area contributed by atoms with Crippen LogP contribution in [0.1, 0.15) is 61.6 Å². The highest BCUT2D eigenvalue weighted by Gasteiger charge is 2.41. The molecule has 1 saturated carbocycles. The van der Waals surface area contributed by atoms with Crippen molar-refractivity contribution in [3.05, 3.63) is 47.0 Å². The van der Waals surface area contributed by atoms with Crippen molar-refractivity contribution in [1.82, 2.24) is 14.9 Å². The number of hydrogen-bond acceptors (Lipinski definition) is 4. The molecule has 0 spiro atoms. The van der Waals surface area contributed by atoms with Gasteiger partial charge in [-0.15, -0.1) is 0 Å². The summed E-state index contributed by atoms with van der Waals surface area (Å²) in [5.74, 6) is 2.16. The molecule has 1 aromatic heterocycles. The summed E-state index contributed by atoms with van der Waals surface area (Å²) in [6, 6.07) is 8.59. The molecule has 2 aliphatic heterocycles. The van der Waals surface area contributed by atoms with Gasteiger partial charge >= 0.3 is 0 Å². The third kappa shape index (κ3) is 3.76. The Bertz CT molecular complexity index is 866. The lowest BCUT2D eigenvalue weighted by atomic mass is 10.0. The maximum atomic E-state index is 13.6. The van der Waals surface area contributed by atoms with E-state index in [-0.39, 0.29) is 0 Å². The summed E-state index contributed by atoms with van der Waals surface area (Å²) in [6.07, 6.45) is 4.36. The first kappa shape index (κ1) is 20.0. The van der Waals surface area contributed by atoms with Gasteiger partial charge in [0.1, 0.15) is 18.2 Å². The second kappa shape index (κ2) is 8.31. The third-order valence-corrected chi connectivity index (χ3v) is 7.28. The summed E-state index contributed by atoms with van der Waals surface area (Å²) < 4.78 is 15.8. The van der Waals surface area contributed by atoms with Crippen molar-refractivity contribution in [3.63, 3.8) is 0 Å². The van der Waals surface area contributed by atoms with E-state index in [4.69, 9.17) is 4.98 Å². The fraction of sp³-hybridized carbons (Fsp3) is 0.625. The Kier molecular flexibility index (Phi) is 5.54. The van der Waals surface area contributed by atoms with E-state index in [1.165, 1.54) is 12.1 Å². The lowest BCUT2D eigenvalue weighted by Crippen LogP contribution is -2.25. The zero-order valence-corrected chi connectivity index (χ0v) is 17.9. The van der Waals surface area contributed by atoms with E-state index >= 15 is 0 Å². The van der Waals surface area contributed by atoms with Crippen LogP contribution in [0.25, 0.3) is 0 Å². The largest absolute Gasteiger partial charge is 0.373 e. The molecule has 5 rings (SSSR count). The van der Waals surface area contributed by atoms with E-state index in [1.54, 1.807) is 0 Å². The van der Waals surface area contributed by atoms with Gasteiger partial charge in [-0.3, -0.25) is 5.32 Å². The maximum Gasteiger partial charge on any atom is 0.148 e. The van der Waals surface area contributed by atoms with Crippen LogP contribution in [0.15, 0.2) is 24.3 Å². The standard InChI is InChI=1S/C24H33FN4O/c1-2-21-23(29-10-4-3-5-22(29)27-21)24(30)26-13-16-6-8-20(9-7-16)28-14-17-11-19(25)12-18(17)15-28/h6-9,17-19,24,26,30H,2-5,10-15H2,1H3. The van der Waals surface area contributed by atoms with E-state index in [0.717, 1.165) is 74.5 Å².